The molecule has 1 atom stereocenters. The Morgan fingerprint density at radius 2 is 1.90 bits per heavy atom. The summed E-state index contributed by atoms with van der Waals surface area (Å²) in [5, 5.41) is -0.108. The van der Waals surface area contributed by atoms with Crippen LogP contribution in [0.2, 0.25) is 0 Å². The van der Waals surface area contributed by atoms with Crippen molar-refractivity contribution in [3.63, 3.8) is 0 Å². The molecule has 2 N–H and O–H groups in total. The molecule has 1 nitrogen and oxygen atoms in total. The molecule has 0 aliphatic rings. The highest BCUT2D eigenvalue weighted by molar-refractivity contribution is 8.21. The van der Waals surface area contributed by atoms with E-state index >= 15 is 0 Å². The summed E-state index contributed by atoms with van der Waals surface area (Å²) in [6.07, 6.45) is 0. The van der Waals surface area contributed by atoms with Crippen molar-refractivity contribution in [1.29, 1.82) is 0 Å². The van der Waals surface area contributed by atoms with Gasteiger partial charge in [-0.25, -0.2) is 0 Å². The van der Waals surface area contributed by atoms with Crippen LogP contribution in [0.1, 0.15) is 10.9 Å². The molecule has 0 aliphatic heterocycles. The van der Waals surface area contributed by atoms with Crippen molar-refractivity contribution in [2.75, 3.05) is 0 Å². The molecule has 10 heavy (non-hydrogen) atoms. The van der Waals surface area contributed by atoms with Gasteiger partial charge in [-0.15, -0.1) is 0 Å². The maximum Gasteiger partial charge on any atom is 0.0916 e. The molecule has 0 aromatic heterocycles. The summed E-state index contributed by atoms with van der Waals surface area (Å²) < 4.78 is 0. The van der Waals surface area contributed by atoms with E-state index in [-0.39, 0.29) is 5.37 Å². The molecule has 0 saturated heterocycles. The van der Waals surface area contributed by atoms with Gasteiger partial charge >= 0.3 is 0 Å². The van der Waals surface area contributed by atoms with Crippen molar-refractivity contribution >= 4 is 21.7 Å². The normalized spacial score (nSPS) is 13.0. The highest BCUT2D eigenvalue weighted by Gasteiger charge is 2.01. The maximum atomic E-state index is 5.63. The highest BCUT2D eigenvalue weighted by Crippen LogP contribution is 2.25. The van der Waals surface area contributed by atoms with Crippen LogP contribution in [-0.2, 0) is 0 Å². The van der Waals surface area contributed by atoms with Gasteiger partial charge in [0, 0.05) is 0 Å². The second-order valence-corrected chi connectivity index (χ2v) is 3.14. The van der Waals surface area contributed by atoms with E-state index in [9.17, 15) is 0 Å². The van der Waals surface area contributed by atoms with Crippen LogP contribution in [0, 0.1) is 0 Å². The van der Waals surface area contributed by atoms with Gasteiger partial charge in [0.05, 0.1) is 5.37 Å². The Balaban J connectivity index is 2.75. The molecule has 0 fully saturated rings. The van der Waals surface area contributed by atoms with Gasteiger partial charge in [0.2, 0.25) is 0 Å². The second-order valence-electron chi connectivity index (χ2n) is 1.92. The van der Waals surface area contributed by atoms with Crippen molar-refractivity contribution in [2.45, 2.75) is 5.37 Å². The molecular formula is C7H8ClNS. The molecule has 0 saturated carbocycles. The summed E-state index contributed by atoms with van der Waals surface area (Å²) in [7, 11) is 6.61. The van der Waals surface area contributed by atoms with E-state index in [2.05, 4.69) is 0 Å². The monoisotopic (exact) mass is 173 g/mol. The van der Waals surface area contributed by atoms with E-state index in [1.165, 1.54) is 0 Å². The molecule has 0 heterocycles. The van der Waals surface area contributed by atoms with E-state index in [1.807, 2.05) is 30.3 Å². The van der Waals surface area contributed by atoms with E-state index in [0.29, 0.717) is 0 Å². The van der Waals surface area contributed by atoms with Crippen LogP contribution in [0.5, 0.6) is 0 Å². The summed E-state index contributed by atoms with van der Waals surface area (Å²) in [5.41, 5.74) is 6.68. The lowest BCUT2D eigenvalue weighted by atomic mass is 10.2. The summed E-state index contributed by atoms with van der Waals surface area (Å²) in [4.78, 5) is 0. The van der Waals surface area contributed by atoms with E-state index in [1.54, 1.807) is 0 Å². The van der Waals surface area contributed by atoms with Gasteiger partial charge in [0.1, 0.15) is 0 Å². The third-order valence-electron chi connectivity index (χ3n) is 1.22. The van der Waals surface area contributed by atoms with Crippen molar-refractivity contribution in [2.24, 2.45) is 5.73 Å². The van der Waals surface area contributed by atoms with Gasteiger partial charge < -0.3 is 5.73 Å². The third kappa shape index (κ3) is 1.90. The molecular weight excluding hydrogens is 166 g/mol. The van der Waals surface area contributed by atoms with Gasteiger partial charge in [-0.05, 0) is 27.2 Å². The summed E-state index contributed by atoms with van der Waals surface area (Å²) in [5.74, 6) is 0. The Morgan fingerprint density at radius 1 is 1.30 bits per heavy atom. The second kappa shape index (κ2) is 3.86. The van der Waals surface area contributed by atoms with Gasteiger partial charge in [-0.3, -0.25) is 0 Å². The predicted molar refractivity (Wildman–Crippen MR) is 46.8 cm³/mol. The van der Waals surface area contributed by atoms with Gasteiger partial charge in [-0.1, -0.05) is 30.3 Å². The first-order chi connectivity index (χ1) is 4.84. The largest absolute Gasteiger partial charge is 0.315 e. The lowest BCUT2D eigenvalue weighted by Gasteiger charge is -2.04. The minimum atomic E-state index is -0.108. The zero-order valence-corrected chi connectivity index (χ0v) is 6.90. The van der Waals surface area contributed by atoms with E-state index in [4.69, 9.17) is 16.4 Å². The third-order valence-corrected chi connectivity index (χ3v) is 2.26. The zero-order valence-electron chi connectivity index (χ0n) is 5.33. The van der Waals surface area contributed by atoms with Crippen LogP contribution in [0.15, 0.2) is 30.3 Å². The van der Waals surface area contributed by atoms with E-state index < -0.39 is 0 Å². The van der Waals surface area contributed by atoms with Crippen molar-refractivity contribution < 1.29 is 0 Å². The Kier molecular flexibility index (Phi) is 3.06. The minimum absolute atomic E-state index is 0.108. The number of halogens is 1. The number of rotatable bonds is 2. The van der Waals surface area contributed by atoms with Crippen molar-refractivity contribution in [3.05, 3.63) is 35.9 Å². The van der Waals surface area contributed by atoms with Crippen molar-refractivity contribution in [3.8, 4) is 0 Å². The first kappa shape index (κ1) is 7.92. The van der Waals surface area contributed by atoms with Gasteiger partial charge in [-0.2, -0.15) is 0 Å². The summed E-state index contributed by atoms with van der Waals surface area (Å²) in [6, 6.07) is 9.76. The SMILES string of the molecule is NC(SCl)c1ccccc1. The number of nitrogens with two attached hydrogens (primary N) is 1. The molecule has 1 unspecified atom stereocenters. The Labute approximate surface area is 69.1 Å². The minimum Gasteiger partial charge on any atom is -0.315 e. The lowest BCUT2D eigenvalue weighted by molar-refractivity contribution is 1.04. The molecule has 0 amide bonds. The van der Waals surface area contributed by atoms with Crippen LogP contribution in [0.25, 0.3) is 0 Å². The molecule has 1 aromatic carbocycles. The number of benzene rings is 1. The predicted octanol–water partition coefficient (Wildman–Crippen LogP) is 2.53. The van der Waals surface area contributed by atoms with Crippen LogP contribution in [0.4, 0.5) is 0 Å². The topological polar surface area (TPSA) is 26.0 Å². The smallest absolute Gasteiger partial charge is 0.0916 e. The molecule has 54 valence electrons. The Morgan fingerprint density at radius 3 is 2.40 bits per heavy atom. The zero-order chi connectivity index (χ0) is 7.40. The molecule has 3 heteroatoms. The molecule has 0 bridgehead atoms. The molecule has 1 aromatic rings. The summed E-state index contributed by atoms with van der Waals surface area (Å²) >= 11 is 0. The maximum absolute atomic E-state index is 5.63. The molecule has 0 spiro atoms. The van der Waals surface area contributed by atoms with Gasteiger partial charge in [0.15, 0.2) is 0 Å². The number of hydrogen-bond donors (Lipinski definition) is 1. The van der Waals surface area contributed by atoms with Crippen LogP contribution < -0.4 is 5.73 Å². The quantitative estimate of drug-likeness (QED) is 0.696. The molecule has 0 aliphatic carbocycles. The average Bonchev–Trinajstić information content (AvgIpc) is 2.05. The Hall–Kier alpha value is -0.180. The van der Waals surface area contributed by atoms with E-state index in [0.717, 1.165) is 16.5 Å². The Bertz CT molecular complexity index is 190. The fraction of sp³-hybridized carbons (Fsp3) is 0.143. The number of hydrogen-bond acceptors (Lipinski definition) is 2. The highest BCUT2D eigenvalue weighted by atomic mass is 35.7. The molecule has 0 radical (unpaired) electrons. The first-order valence-electron chi connectivity index (χ1n) is 2.92. The fourth-order valence-corrected chi connectivity index (χ4v) is 1.26. The lowest BCUT2D eigenvalue weighted by Crippen LogP contribution is -2.02. The van der Waals surface area contributed by atoms with Crippen molar-refractivity contribution in [1.82, 2.24) is 0 Å². The van der Waals surface area contributed by atoms with Crippen LogP contribution in [-0.4, -0.2) is 0 Å². The standard InChI is InChI=1S/C7H8ClNS/c8-10-7(9)6-4-2-1-3-5-6/h1-5,7H,9H2. The first-order valence-corrected chi connectivity index (χ1v) is 4.63. The fourth-order valence-electron chi connectivity index (χ4n) is 0.694. The summed E-state index contributed by atoms with van der Waals surface area (Å²) in [6.45, 7) is 0. The van der Waals surface area contributed by atoms with Crippen LogP contribution in [0.3, 0.4) is 0 Å². The molecule has 1 rings (SSSR count). The van der Waals surface area contributed by atoms with Gasteiger partial charge in [0.25, 0.3) is 0 Å². The average molecular weight is 174 g/mol. The van der Waals surface area contributed by atoms with Crippen LogP contribution >= 0.6 is 21.7 Å².